The van der Waals surface area contributed by atoms with Crippen molar-refractivity contribution in [1.29, 1.82) is 0 Å². The molecular formula is C126H156MoN6S13-8. The van der Waals surface area contributed by atoms with Gasteiger partial charge in [-0.25, -0.2) is 0 Å². The average molecular weight is 2270 g/mol. The van der Waals surface area contributed by atoms with Gasteiger partial charge in [0.2, 0.25) is 0 Å². The third-order valence-electron chi connectivity index (χ3n) is 25.5. The number of para-hydroxylation sites is 12. The topological polar surface area (TPSA) is 19.4 Å². The molecule has 0 fully saturated rings. The molecule has 0 amide bonds. The summed E-state index contributed by atoms with van der Waals surface area (Å²) in [6.07, 6.45) is 40.9. The number of aryl methyl sites for hydroxylation is 12. The van der Waals surface area contributed by atoms with Crippen LogP contribution in [0, 0.1) is 0 Å². The first kappa shape index (κ1) is 129. The standard InChI is InChI=1S/6C21H27NS2.Mo.S/c6*1-3-5-11-17-13-7-9-15-19(17)22(21(23)24)20-16-10-8-14-18(20)12-6-4-2;;/h6*7-10,13-16H,3-6,11-12H2,1-2H3,(H,23,24);;/q;;;;;;;-2/p-6. The molecule has 0 N–H and O–H groups in total. The number of thiocarbonyl (C=S) groups is 6. The van der Waals surface area contributed by atoms with Gasteiger partial charge in [-0.1, -0.05) is 404 Å². The Labute approximate surface area is 969 Å². The van der Waals surface area contributed by atoms with E-state index in [-0.39, 0.29) is 34.6 Å². The van der Waals surface area contributed by atoms with Crippen LogP contribution in [-0.2, 0) is 187 Å². The van der Waals surface area contributed by atoms with Crippen LogP contribution < -0.4 is 29.4 Å². The molecule has 0 atom stereocenters. The molecule has 0 aromatic heterocycles. The molecule has 0 unspecified atom stereocenters. The van der Waals surface area contributed by atoms with E-state index in [4.69, 9.17) is 149 Å². The van der Waals surface area contributed by atoms with Gasteiger partial charge in [-0.15, -0.1) is 0 Å². The molecule has 20 heteroatoms. The molecule has 782 valence electrons. The zero-order valence-electron chi connectivity index (χ0n) is 88.6. The van der Waals surface area contributed by atoms with Gasteiger partial charge in [-0.2, -0.15) is 0 Å². The maximum absolute atomic E-state index is 5.47. The summed E-state index contributed by atoms with van der Waals surface area (Å²) in [5.74, 6) is 0. The van der Waals surface area contributed by atoms with Crippen LogP contribution in [0.3, 0.4) is 0 Å². The van der Waals surface area contributed by atoms with E-state index in [1.807, 2.05) is 0 Å². The van der Waals surface area contributed by atoms with Gasteiger partial charge in [0.25, 0.3) is 0 Å². The Morgan fingerprint density at radius 2 is 0.219 bits per heavy atom. The molecule has 12 aromatic rings. The van der Waals surface area contributed by atoms with Gasteiger partial charge in [-0.05, 0) is 294 Å². The monoisotopic (exact) mass is 2270 g/mol. The second-order valence-electron chi connectivity index (χ2n) is 36.4. The summed E-state index contributed by atoms with van der Waals surface area (Å²) < 4.78 is 2.93. The molecule has 0 heterocycles. The number of unbranched alkanes of at least 4 members (excludes halogenated alkanes) is 12. The third-order valence-corrected chi connectivity index (χ3v) is 27.7. The smallest absolute Gasteiger partial charge is 0.0476 e. The summed E-state index contributed by atoms with van der Waals surface area (Å²) in [7, 11) is 0. The van der Waals surface area contributed by atoms with Crippen molar-refractivity contribution in [3.63, 3.8) is 0 Å². The first-order valence-corrected chi connectivity index (χ1v) is 58.0. The summed E-state index contributed by atoms with van der Waals surface area (Å²) in [4.78, 5) is 12.5. The SMILES string of the molecule is CCCCc1ccccc1N(C(=S)[S-])c1ccccc1CCCC.CCCCc1ccccc1N(C(=S)[S-])c1ccccc1CCCC.CCCCc1ccccc1N(C(=S)[S-])c1ccccc1CCCC.CCCCc1ccccc1N(C(=S)[S-])c1ccccc1CCCC.CCCCc1ccccc1N(C(=S)[S-])c1ccccc1CCCC.CCCCc1ccccc1N(C(=S)[S-])c1ccccc1CCCC.[Mo].[S-2]. The van der Waals surface area contributed by atoms with Gasteiger partial charge in [0.05, 0.1) is 0 Å². The molecule has 0 aliphatic carbocycles. The number of rotatable bonds is 48. The Kier molecular flexibility index (Phi) is 66.3. The number of hydrogen-bond donors (Lipinski definition) is 0. The number of hydrogen-bond acceptors (Lipinski definition) is 12. The van der Waals surface area contributed by atoms with E-state index in [1.54, 1.807) is 0 Å². The quantitative estimate of drug-likeness (QED) is 0.0205. The number of nitrogens with zero attached hydrogens (tertiary/aromatic N) is 6. The summed E-state index contributed by atoms with van der Waals surface area (Å²) in [6, 6.07) is 102. The van der Waals surface area contributed by atoms with E-state index in [1.165, 1.54) is 221 Å². The van der Waals surface area contributed by atoms with Crippen LogP contribution in [0.2, 0.25) is 0 Å². The van der Waals surface area contributed by atoms with Crippen LogP contribution in [0.5, 0.6) is 0 Å². The van der Waals surface area contributed by atoms with Crippen molar-refractivity contribution in [2.24, 2.45) is 0 Å². The largest absolute Gasteiger partial charge is 2.00 e. The third kappa shape index (κ3) is 41.8. The van der Waals surface area contributed by atoms with E-state index in [9.17, 15) is 0 Å². The number of benzene rings is 12. The second kappa shape index (κ2) is 75.1. The molecular weight excluding hydrogens is 2110 g/mol. The van der Waals surface area contributed by atoms with E-state index < -0.39 is 0 Å². The zero-order valence-corrected chi connectivity index (χ0v) is 101. The molecule has 6 nitrogen and oxygen atoms in total. The Morgan fingerprint density at radius 3 is 0.281 bits per heavy atom. The van der Waals surface area contributed by atoms with E-state index in [2.05, 4.69) is 404 Å². The van der Waals surface area contributed by atoms with Crippen LogP contribution in [0.15, 0.2) is 291 Å². The Bertz CT molecular complexity index is 4610. The predicted molar refractivity (Wildman–Crippen MR) is 681 cm³/mol. The van der Waals surface area contributed by atoms with Gasteiger partial charge in [0.15, 0.2) is 0 Å². The van der Waals surface area contributed by atoms with Crippen molar-refractivity contribution in [2.75, 3.05) is 29.4 Å². The second-order valence-corrected chi connectivity index (χ2v) is 42.6. The van der Waals surface area contributed by atoms with Crippen LogP contribution in [-0.4, -0.2) is 25.9 Å². The summed E-state index contributed by atoms with van der Waals surface area (Å²) in [6.45, 7) is 26.6. The van der Waals surface area contributed by atoms with Crippen LogP contribution >= 0.6 is 73.3 Å². The first-order chi connectivity index (χ1) is 70.1. The van der Waals surface area contributed by atoms with Gasteiger partial charge in [-0.3, -0.25) is 0 Å². The Morgan fingerprint density at radius 1 is 0.151 bits per heavy atom. The maximum atomic E-state index is 5.47. The minimum absolute atomic E-state index is 0. The molecule has 0 saturated carbocycles. The summed E-state index contributed by atoms with van der Waals surface area (Å²) in [5, 5.41) is 0. The predicted octanol–water partition coefficient (Wildman–Crippen LogP) is 38.0. The van der Waals surface area contributed by atoms with Gasteiger partial charge >= 0.3 is 0 Å². The Balaban J connectivity index is 0.000000307. The fourth-order valence-electron chi connectivity index (χ4n) is 17.7. The first-order valence-electron chi connectivity index (χ1n) is 53.1. The van der Waals surface area contributed by atoms with Crippen molar-refractivity contribution in [3.05, 3.63) is 358 Å². The minimum atomic E-state index is 0. The van der Waals surface area contributed by atoms with Gasteiger partial charge in [0, 0.05) is 89.3 Å². The van der Waals surface area contributed by atoms with E-state index in [0.717, 1.165) is 145 Å². The summed E-state index contributed by atoms with van der Waals surface area (Å²) in [5.41, 5.74) is 29.4. The molecule has 0 aliphatic rings. The molecule has 0 spiro atoms. The molecule has 0 bridgehead atoms. The summed E-state index contributed by atoms with van der Waals surface area (Å²) >= 11 is 65.6. The van der Waals surface area contributed by atoms with Crippen molar-refractivity contribution in [1.82, 2.24) is 0 Å². The number of anilines is 12. The van der Waals surface area contributed by atoms with Gasteiger partial charge < -0.3 is 192 Å². The minimum Gasteiger partial charge on any atom is -2.00 e. The normalized spacial score (nSPS) is 10.4. The molecule has 0 saturated heterocycles. The molecule has 12 rings (SSSR count). The fraction of sp³-hybridized carbons (Fsp3) is 0.381. The fourth-order valence-corrected chi connectivity index (χ4v) is 20.0. The Hall–Kier alpha value is -7.66. The molecule has 0 aliphatic heterocycles. The van der Waals surface area contributed by atoms with Crippen LogP contribution in [0.4, 0.5) is 68.2 Å². The van der Waals surface area contributed by atoms with Crippen LogP contribution in [0.1, 0.15) is 304 Å². The van der Waals surface area contributed by atoms with Crippen molar-refractivity contribution in [2.45, 2.75) is 314 Å². The molecule has 12 aromatic carbocycles. The molecule has 0 radical (unpaired) electrons. The van der Waals surface area contributed by atoms with Crippen LogP contribution in [0.25, 0.3) is 0 Å². The van der Waals surface area contributed by atoms with Crippen molar-refractivity contribution < 1.29 is 21.1 Å². The molecule has 146 heavy (non-hydrogen) atoms. The van der Waals surface area contributed by atoms with E-state index >= 15 is 0 Å². The van der Waals surface area contributed by atoms with E-state index in [0.29, 0.717) is 25.9 Å². The van der Waals surface area contributed by atoms with Crippen molar-refractivity contribution >= 4 is 257 Å². The maximum Gasteiger partial charge on any atom is 0.0476 e. The van der Waals surface area contributed by atoms with Gasteiger partial charge in [0.1, 0.15) is 0 Å². The van der Waals surface area contributed by atoms with Crippen molar-refractivity contribution in [3.8, 4) is 0 Å². The zero-order chi connectivity index (χ0) is 104. The average Bonchev–Trinajstić information content (AvgIpc) is 0.825.